The van der Waals surface area contributed by atoms with Crippen LogP contribution in [-0.4, -0.2) is 64.2 Å². The summed E-state index contributed by atoms with van der Waals surface area (Å²) in [6.45, 7) is 2.20. The molecule has 11 nitrogen and oxygen atoms in total. The van der Waals surface area contributed by atoms with E-state index in [1.165, 1.54) is 0 Å². The molecule has 0 unspecified atom stereocenters. The molecular formula is C34H38N6O5. The highest BCUT2D eigenvalue weighted by atomic mass is 16.5. The van der Waals surface area contributed by atoms with Crippen LogP contribution in [0.1, 0.15) is 76.1 Å². The highest BCUT2D eigenvalue weighted by Crippen LogP contribution is 2.33. The van der Waals surface area contributed by atoms with E-state index in [4.69, 9.17) is 10.5 Å². The number of fused-ring (bicyclic) bond motifs is 2. The zero-order valence-electron chi connectivity index (χ0n) is 25.2. The lowest BCUT2D eigenvalue weighted by molar-refractivity contribution is -0.132. The minimum Gasteiger partial charge on any atom is -0.482 e. The van der Waals surface area contributed by atoms with Gasteiger partial charge in [0.2, 0.25) is 5.91 Å². The van der Waals surface area contributed by atoms with Crippen LogP contribution in [0.2, 0.25) is 0 Å². The predicted octanol–water partition coefficient (Wildman–Crippen LogP) is 3.87. The second-order valence-corrected chi connectivity index (χ2v) is 11.9. The molecule has 234 valence electrons. The van der Waals surface area contributed by atoms with Crippen molar-refractivity contribution >= 4 is 35.0 Å². The number of unbranched alkanes of at least 4 members (excludes halogenated alkanes) is 2. The summed E-state index contributed by atoms with van der Waals surface area (Å²) in [5.41, 5.74) is 10.6. The number of rotatable bonds is 11. The van der Waals surface area contributed by atoms with Crippen molar-refractivity contribution in [1.29, 1.82) is 0 Å². The quantitative estimate of drug-likeness (QED) is 0.279. The molecule has 0 atom stereocenters. The van der Waals surface area contributed by atoms with E-state index in [2.05, 4.69) is 15.6 Å². The second kappa shape index (κ2) is 13.5. The zero-order valence-corrected chi connectivity index (χ0v) is 25.2. The number of pyridine rings is 1. The Hall–Kier alpha value is -4.77. The zero-order chi connectivity index (χ0) is 31.3. The molecule has 4 amide bonds. The van der Waals surface area contributed by atoms with Crippen LogP contribution in [0.15, 0.2) is 54.7 Å². The topological polar surface area (TPSA) is 147 Å². The molecule has 2 aromatic carbocycles. The lowest BCUT2D eigenvalue weighted by atomic mass is 9.98. The van der Waals surface area contributed by atoms with Gasteiger partial charge in [0.05, 0.1) is 5.69 Å². The van der Waals surface area contributed by atoms with Crippen molar-refractivity contribution in [2.75, 3.05) is 30.3 Å². The van der Waals surface area contributed by atoms with Gasteiger partial charge in [-0.3, -0.25) is 24.2 Å². The van der Waals surface area contributed by atoms with Crippen LogP contribution in [0, 0.1) is 0 Å². The van der Waals surface area contributed by atoms with Gasteiger partial charge in [0, 0.05) is 49.5 Å². The molecule has 0 saturated heterocycles. The molecule has 3 aromatic rings. The molecule has 1 fully saturated rings. The molecule has 4 N–H and O–H groups in total. The van der Waals surface area contributed by atoms with Crippen molar-refractivity contribution in [3.63, 3.8) is 0 Å². The SMILES string of the molecule is NCCCCCC(=O)N1CCc2cc(NC(=O)c3ccc(CN(C(=O)c4ccc5c(c4)OCC(=O)N5)C4CC4)cn3)ccc2C1. The number of amides is 4. The molecule has 45 heavy (non-hydrogen) atoms. The lowest BCUT2D eigenvalue weighted by Crippen LogP contribution is -2.35. The van der Waals surface area contributed by atoms with Crippen LogP contribution < -0.4 is 21.1 Å². The summed E-state index contributed by atoms with van der Waals surface area (Å²) in [7, 11) is 0. The Morgan fingerprint density at radius 3 is 2.69 bits per heavy atom. The molecule has 6 rings (SSSR count). The van der Waals surface area contributed by atoms with Gasteiger partial charge in [-0.15, -0.1) is 0 Å². The summed E-state index contributed by atoms with van der Waals surface area (Å²) < 4.78 is 5.49. The van der Waals surface area contributed by atoms with E-state index < -0.39 is 0 Å². The Morgan fingerprint density at radius 2 is 1.91 bits per heavy atom. The predicted molar refractivity (Wildman–Crippen MR) is 169 cm³/mol. The Morgan fingerprint density at radius 1 is 1.04 bits per heavy atom. The van der Waals surface area contributed by atoms with Crippen molar-refractivity contribution in [1.82, 2.24) is 14.8 Å². The van der Waals surface area contributed by atoms with Gasteiger partial charge in [-0.25, -0.2) is 0 Å². The highest BCUT2D eigenvalue weighted by molar-refractivity contribution is 6.03. The van der Waals surface area contributed by atoms with Gasteiger partial charge in [-0.2, -0.15) is 0 Å². The van der Waals surface area contributed by atoms with Gasteiger partial charge < -0.3 is 30.9 Å². The van der Waals surface area contributed by atoms with Gasteiger partial charge in [0.15, 0.2) is 6.61 Å². The summed E-state index contributed by atoms with van der Waals surface area (Å²) >= 11 is 0. The Kier molecular flexibility index (Phi) is 9.06. The van der Waals surface area contributed by atoms with E-state index in [9.17, 15) is 19.2 Å². The Balaban J connectivity index is 1.04. The molecule has 3 heterocycles. The first-order chi connectivity index (χ1) is 21.9. The molecule has 1 aromatic heterocycles. The second-order valence-electron chi connectivity index (χ2n) is 11.9. The number of nitrogens with zero attached hydrogens (tertiary/aromatic N) is 3. The largest absolute Gasteiger partial charge is 0.482 e. The number of hydrogen-bond donors (Lipinski definition) is 3. The third-order valence-corrected chi connectivity index (χ3v) is 8.44. The summed E-state index contributed by atoms with van der Waals surface area (Å²) in [5, 5.41) is 5.68. The molecule has 1 saturated carbocycles. The van der Waals surface area contributed by atoms with E-state index in [-0.39, 0.29) is 42.0 Å². The highest BCUT2D eigenvalue weighted by Gasteiger charge is 2.34. The minimum atomic E-state index is -0.317. The van der Waals surface area contributed by atoms with Crippen LogP contribution in [-0.2, 0) is 29.1 Å². The van der Waals surface area contributed by atoms with Crippen LogP contribution in [0.3, 0.4) is 0 Å². The van der Waals surface area contributed by atoms with E-state index >= 15 is 0 Å². The molecule has 0 spiro atoms. The van der Waals surface area contributed by atoms with Crippen molar-refractivity contribution in [3.8, 4) is 5.75 Å². The van der Waals surface area contributed by atoms with Gasteiger partial charge in [0.25, 0.3) is 17.7 Å². The summed E-state index contributed by atoms with van der Waals surface area (Å²) in [6.07, 6.45) is 7.58. The molecule has 11 heteroatoms. The maximum Gasteiger partial charge on any atom is 0.274 e. The van der Waals surface area contributed by atoms with Gasteiger partial charge in [0.1, 0.15) is 11.4 Å². The van der Waals surface area contributed by atoms with Crippen LogP contribution in [0.5, 0.6) is 5.75 Å². The number of nitrogens with two attached hydrogens (primary N) is 1. The number of hydrogen-bond acceptors (Lipinski definition) is 7. The van der Waals surface area contributed by atoms with E-state index in [1.807, 2.05) is 34.1 Å². The minimum absolute atomic E-state index is 0.0769. The Bertz CT molecular complexity index is 1600. The fourth-order valence-corrected chi connectivity index (χ4v) is 5.77. The van der Waals surface area contributed by atoms with Gasteiger partial charge >= 0.3 is 0 Å². The first-order valence-electron chi connectivity index (χ1n) is 15.6. The van der Waals surface area contributed by atoms with Crippen LogP contribution in [0.25, 0.3) is 0 Å². The molecule has 3 aliphatic rings. The van der Waals surface area contributed by atoms with E-state index in [0.29, 0.717) is 55.3 Å². The average molecular weight is 611 g/mol. The number of carbonyl (C=O) groups excluding carboxylic acids is 4. The van der Waals surface area contributed by atoms with Crippen molar-refractivity contribution in [2.45, 2.75) is 64.1 Å². The fourth-order valence-electron chi connectivity index (χ4n) is 5.77. The smallest absolute Gasteiger partial charge is 0.274 e. The number of benzene rings is 2. The van der Waals surface area contributed by atoms with E-state index in [1.54, 1.807) is 30.5 Å². The van der Waals surface area contributed by atoms with E-state index in [0.717, 1.165) is 55.2 Å². The third kappa shape index (κ3) is 7.31. The number of ether oxygens (including phenoxy) is 1. The molecular weight excluding hydrogens is 572 g/mol. The molecule has 0 bridgehead atoms. The number of anilines is 2. The molecule has 2 aliphatic heterocycles. The summed E-state index contributed by atoms with van der Waals surface area (Å²) in [5.74, 6) is 0.000129. The van der Waals surface area contributed by atoms with Crippen LogP contribution >= 0.6 is 0 Å². The Labute approximate surface area is 262 Å². The van der Waals surface area contributed by atoms with Crippen LogP contribution in [0.4, 0.5) is 11.4 Å². The van der Waals surface area contributed by atoms with Crippen molar-refractivity contribution < 1.29 is 23.9 Å². The standard InChI is InChI=1S/C34H38N6O5/c35-14-3-1-2-4-32(42)39-15-13-23-16-26(8-6-25(23)20-39)37-33(43)29-11-5-22(18-36-29)19-40(27-9-10-27)34(44)24-7-12-28-30(17-24)45-21-31(41)38-28/h5-8,11-12,16-18,27H,1-4,9-10,13-15,19-21,35H2,(H,37,43)(H,38,41). The normalized spacial score (nSPS) is 15.3. The average Bonchev–Trinajstić information content (AvgIpc) is 3.90. The molecule has 1 aliphatic carbocycles. The number of carbonyl (C=O) groups is 4. The first kappa shape index (κ1) is 30.3. The fraction of sp³-hybridized carbons (Fsp3) is 0.382. The van der Waals surface area contributed by atoms with Gasteiger partial charge in [-0.1, -0.05) is 18.6 Å². The number of nitrogens with one attached hydrogen (secondary N) is 2. The lowest BCUT2D eigenvalue weighted by Gasteiger charge is -2.29. The maximum absolute atomic E-state index is 13.5. The first-order valence-corrected chi connectivity index (χ1v) is 15.6. The summed E-state index contributed by atoms with van der Waals surface area (Å²) in [4.78, 5) is 58.8. The van der Waals surface area contributed by atoms with Crippen molar-refractivity contribution in [3.05, 3.63) is 82.7 Å². The number of aromatic nitrogens is 1. The monoisotopic (exact) mass is 610 g/mol. The third-order valence-electron chi connectivity index (χ3n) is 8.44. The summed E-state index contributed by atoms with van der Waals surface area (Å²) in [6, 6.07) is 14.5. The maximum atomic E-state index is 13.5. The van der Waals surface area contributed by atoms with Gasteiger partial charge in [-0.05, 0) is 91.7 Å². The molecule has 0 radical (unpaired) electrons. The van der Waals surface area contributed by atoms with Crippen molar-refractivity contribution in [2.24, 2.45) is 5.73 Å².